The average Bonchev–Trinajstić information content (AvgIpc) is 2.42. The maximum absolute atomic E-state index is 12.0. The summed E-state index contributed by atoms with van der Waals surface area (Å²) in [6.45, 7) is 3.95. The number of nitrogens with zero attached hydrogens (tertiary/aromatic N) is 2. The molecule has 5 heteroatoms. The Morgan fingerprint density at radius 1 is 1.25 bits per heavy atom. The van der Waals surface area contributed by atoms with Gasteiger partial charge in [0.05, 0.1) is 4.90 Å². The van der Waals surface area contributed by atoms with Crippen LogP contribution in [-0.2, 0) is 16.3 Å². The molecule has 2 rings (SSSR count). The minimum absolute atomic E-state index is 0.395. The molecule has 0 bridgehead atoms. The maximum atomic E-state index is 12.0. The highest BCUT2D eigenvalue weighted by Crippen LogP contribution is 2.26. The fourth-order valence-electron chi connectivity index (χ4n) is 2.24. The Balaban J connectivity index is 2.55. The van der Waals surface area contributed by atoms with Gasteiger partial charge in [0, 0.05) is 36.0 Å². The Kier molecular flexibility index (Phi) is 4.40. The fourth-order valence-corrected chi connectivity index (χ4v) is 3.18. The minimum Gasteiger partial charge on any atom is -0.306 e. The highest BCUT2D eigenvalue weighted by Gasteiger charge is 2.14. The molecular formula is C15H20N2O2S. The first-order chi connectivity index (χ1) is 9.43. The van der Waals surface area contributed by atoms with Gasteiger partial charge < -0.3 is 4.90 Å². The molecule has 1 aromatic carbocycles. The number of sulfone groups is 1. The molecule has 1 heterocycles. The van der Waals surface area contributed by atoms with E-state index in [-0.39, 0.29) is 0 Å². The summed E-state index contributed by atoms with van der Waals surface area (Å²) in [6, 6.07) is 5.34. The molecule has 1 aromatic heterocycles. The van der Waals surface area contributed by atoms with E-state index in [9.17, 15) is 8.42 Å². The molecule has 2 aromatic rings. The van der Waals surface area contributed by atoms with Crippen molar-refractivity contribution >= 4 is 20.6 Å². The quantitative estimate of drug-likeness (QED) is 0.847. The van der Waals surface area contributed by atoms with Crippen LogP contribution in [0.15, 0.2) is 35.5 Å². The molecule has 0 saturated carbocycles. The number of pyridine rings is 1. The standard InChI is InChI=1S/C15H20N2O2S/c1-4-17(2)9-8-13-11-16-10-12-6-5-7-14(15(12)13)20(3,18)19/h5-7,10-11H,4,8-9H2,1-3H3. The number of fused-ring (bicyclic) bond motifs is 1. The van der Waals surface area contributed by atoms with Gasteiger partial charge in [-0.25, -0.2) is 8.42 Å². The fraction of sp³-hybridized carbons (Fsp3) is 0.400. The Morgan fingerprint density at radius 2 is 2.00 bits per heavy atom. The van der Waals surface area contributed by atoms with Gasteiger partial charge in [0.25, 0.3) is 0 Å². The van der Waals surface area contributed by atoms with Crippen molar-refractivity contribution in [3.8, 4) is 0 Å². The first-order valence-corrected chi connectivity index (χ1v) is 8.57. The molecule has 0 unspecified atom stereocenters. The van der Waals surface area contributed by atoms with Crippen molar-refractivity contribution in [1.29, 1.82) is 0 Å². The second kappa shape index (κ2) is 5.89. The average molecular weight is 292 g/mol. The van der Waals surface area contributed by atoms with Crippen LogP contribution in [0, 0.1) is 0 Å². The highest BCUT2D eigenvalue weighted by atomic mass is 32.2. The lowest BCUT2D eigenvalue weighted by Gasteiger charge is -2.15. The SMILES string of the molecule is CCN(C)CCc1cncc2cccc(S(C)(=O)=O)c12. The molecule has 0 spiro atoms. The number of benzene rings is 1. The van der Waals surface area contributed by atoms with Crippen LogP contribution in [0.5, 0.6) is 0 Å². The van der Waals surface area contributed by atoms with Gasteiger partial charge in [0.15, 0.2) is 9.84 Å². The zero-order chi connectivity index (χ0) is 14.8. The summed E-state index contributed by atoms with van der Waals surface area (Å²) in [5, 5.41) is 1.69. The van der Waals surface area contributed by atoms with Crippen molar-refractivity contribution in [2.24, 2.45) is 0 Å². The monoisotopic (exact) mass is 292 g/mol. The van der Waals surface area contributed by atoms with Crippen LogP contribution in [0.2, 0.25) is 0 Å². The number of hydrogen-bond acceptors (Lipinski definition) is 4. The van der Waals surface area contributed by atoms with Gasteiger partial charge in [0.1, 0.15) is 0 Å². The van der Waals surface area contributed by atoms with Crippen LogP contribution in [0.1, 0.15) is 12.5 Å². The molecule has 4 nitrogen and oxygen atoms in total. The molecule has 20 heavy (non-hydrogen) atoms. The molecule has 0 fully saturated rings. The molecule has 0 saturated heterocycles. The van der Waals surface area contributed by atoms with E-state index in [1.165, 1.54) is 6.26 Å². The van der Waals surface area contributed by atoms with Crippen molar-refractivity contribution < 1.29 is 8.42 Å². The summed E-state index contributed by atoms with van der Waals surface area (Å²) in [7, 11) is -1.19. The molecule has 0 amide bonds. The Hall–Kier alpha value is -1.46. The molecule has 0 atom stereocenters. The largest absolute Gasteiger partial charge is 0.306 e. The van der Waals surface area contributed by atoms with Gasteiger partial charge in [-0.05, 0) is 31.6 Å². The predicted octanol–water partition coefficient (Wildman–Crippen LogP) is 2.13. The van der Waals surface area contributed by atoms with Crippen LogP contribution in [0.4, 0.5) is 0 Å². The van der Waals surface area contributed by atoms with Gasteiger partial charge in [0.2, 0.25) is 0 Å². The first kappa shape index (κ1) is 14.9. The topological polar surface area (TPSA) is 50.3 Å². The summed E-state index contributed by atoms with van der Waals surface area (Å²) in [4.78, 5) is 6.82. The third kappa shape index (κ3) is 3.16. The van der Waals surface area contributed by atoms with E-state index in [0.717, 1.165) is 35.8 Å². The molecule has 0 aliphatic carbocycles. The van der Waals surface area contributed by atoms with Crippen molar-refractivity contribution in [3.63, 3.8) is 0 Å². The van der Waals surface area contributed by atoms with Gasteiger partial charge >= 0.3 is 0 Å². The van der Waals surface area contributed by atoms with E-state index in [0.29, 0.717) is 4.90 Å². The number of aromatic nitrogens is 1. The van der Waals surface area contributed by atoms with Crippen LogP contribution >= 0.6 is 0 Å². The smallest absolute Gasteiger partial charge is 0.176 e. The molecule has 0 aliphatic rings. The van der Waals surface area contributed by atoms with Crippen LogP contribution in [-0.4, -0.2) is 44.7 Å². The summed E-state index contributed by atoms with van der Waals surface area (Å²) >= 11 is 0. The number of likely N-dealkylation sites (N-methyl/N-ethyl adjacent to an activating group) is 1. The van der Waals surface area contributed by atoms with Crippen LogP contribution in [0.3, 0.4) is 0 Å². The number of hydrogen-bond donors (Lipinski definition) is 0. The van der Waals surface area contributed by atoms with Gasteiger partial charge in [-0.15, -0.1) is 0 Å². The Bertz CT molecular complexity index is 706. The van der Waals surface area contributed by atoms with Gasteiger partial charge in [-0.3, -0.25) is 4.98 Å². The molecule has 0 aliphatic heterocycles. The van der Waals surface area contributed by atoms with E-state index in [1.54, 1.807) is 24.5 Å². The van der Waals surface area contributed by atoms with E-state index in [2.05, 4.69) is 23.9 Å². The lowest BCUT2D eigenvalue weighted by Crippen LogP contribution is -2.20. The van der Waals surface area contributed by atoms with Crippen molar-refractivity contribution in [3.05, 3.63) is 36.2 Å². The normalized spacial score (nSPS) is 12.2. The predicted molar refractivity (Wildman–Crippen MR) is 81.7 cm³/mol. The molecular weight excluding hydrogens is 272 g/mol. The third-order valence-electron chi connectivity index (χ3n) is 3.53. The Labute approximate surface area is 120 Å². The molecule has 0 N–H and O–H groups in total. The number of rotatable bonds is 5. The highest BCUT2D eigenvalue weighted by molar-refractivity contribution is 7.91. The second-order valence-corrected chi connectivity index (χ2v) is 7.06. The van der Waals surface area contributed by atoms with E-state index in [1.807, 2.05) is 6.07 Å². The third-order valence-corrected chi connectivity index (χ3v) is 4.66. The summed E-state index contributed by atoms with van der Waals surface area (Å²) in [5.74, 6) is 0. The van der Waals surface area contributed by atoms with Crippen molar-refractivity contribution in [1.82, 2.24) is 9.88 Å². The van der Waals surface area contributed by atoms with E-state index >= 15 is 0 Å². The zero-order valence-corrected chi connectivity index (χ0v) is 12.9. The lowest BCUT2D eigenvalue weighted by atomic mass is 10.1. The van der Waals surface area contributed by atoms with Gasteiger partial charge in [-0.1, -0.05) is 19.1 Å². The summed E-state index contributed by atoms with van der Waals surface area (Å²) in [5.41, 5.74) is 0.990. The first-order valence-electron chi connectivity index (χ1n) is 6.67. The van der Waals surface area contributed by atoms with E-state index < -0.39 is 9.84 Å². The van der Waals surface area contributed by atoms with Crippen LogP contribution in [0.25, 0.3) is 10.8 Å². The van der Waals surface area contributed by atoms with Crippen molar-refractivity contribution in [2.45, 2.75) is 18.2 Å². The Morgan fingerprint density at radius 3 is 2.65 bits per heavy atom. The van der Waals surface area contributed by atoms with Gasteiger partial charge in [-0.2, -0.15) is 0 Å². The summed E-state index contributed by atoms with van der Waals surface area (Å²) in [6.07, 6.45) is 5.54. The minimum atomic E-state index is -3.24. The second-order valence-electron chi connectivity index (χ2n) is 5.07. The zero-order valence-electron chi connectivity index (χ0n) is 12.1. The molecule has 0 radical (unpaired) electrons. The lowest BCUT2D eigenvalue weighted by molar-refractivity contribution is 0.358. The summed E-state index contributed by atoms with van der Waals surface area (Å²) < 4.78 is 23.9. The maximum Gasteiger partial charge on any atom is 0.176 e. The van der Waals surface area contributed by atoms with E-state index in [4.69, 9.17) is 0 Å². The van der Waals surface area contributed by atoms with Crippen LogP contribution < -0.4 is 0 Å². The molecule has 108 valence electrons. The van der Waals surface area contributed by atoms with Crippen molar-refractivity contribution in [2.75, 3.05) is 26.4 Å².